The van der Waals surface area contributed by atoms with Crippen molar-refractivity contribution < 1.29 is 9.53 Å². The molecule has 2 nitrogen and oxygen atoms in total. The molecule has 0 heterocycles. The van der Waals surface area contributed by atoms with E-state index in [9.17, 15) is 4.79 Å². The lowest BCUT2D eigenvalue weighted by atomic mass is 10.1. The van der Waals surface area contributed by atoms with Crippen LogP contribution in [0.3, 0.4) is 0 Å². The first-order chi connectivity index (χ1) is 6.56. The van der Waals surface area contributed by atoms with Crippen LogP contribution >= 0.6 is 38.5 Å². The van der Waals surface area contributed by atoms with Crippen LogP contribution in [-0.2, 0) is 4.79 Å². The number of hydrogen-bond acceptors (Lipinski definition) is 2. The quantitative estimate of drug-likeness (QED) is 0.604. The number of ketones is 1. The number of benzene rings is 1. The Morgan fingerprint density at radius 2 is 2.21 bits per heavy atom. The summed E-state index contributed by atoms with van der Waals surface area (Å²) in [6, 6.07) is 5.67. The van der Waals surface area contributed by atoms with Crippen LogP contribution in [0.5, 0.6) is 5.75 Å². The van der Waals surface area contributed by atoms with Gasteiger partial charge in [-0.15, -0.1) is 0 Å². The van der Waals surface area contributed by atoms with Gasteiger partial charge >= 0.3 is 0 Å². The second kappa shape index (κ2) is 5.11. The molecule has 0 aliphatic carbocycles. The summed E-state index contributed by atoms with van der Waals surface area (Å²) in [6.07, 6.45) is 0. The number of alkyl halides is 1. The molecule has 0 saturated heterocycles. The predicted octanol–water partition coefficient (Wildman–Crippen LogP) is 3.32. The molecule has 1 aromatic rings. The lowest BCUT2D eigenvalue weighted by molar-refractivity contribution is -0.116. The summed E-state index contributed by atoms with van der Waals surface area (Å²) in [4.78, 5) is 10.9. The fourth-order valence-electron chi connectivity index (χ4n) is 1.06. The zero-order valence-corrected chi connectivity index (χ0v) is 11.6. The highest BCUT2D eigenvalue weighted by atomic mass is 127. The van der Waals surface area contributed by atoms with Crippen LogP contribution in [-0.4, -0.2) is 12.9 Å². The SMILES string of the molecule is COc1ccc(C(Br)C(C)=O)c(I)c1. The fraction of sp³-hybridized carbons (Fsp3) is 0.300. The summed E-state index contributed by atoms with van der Waals surface area (Å²) in [5, 5.41) is 0. The lowest BCUT2D eigenvalue weighted by Crippen LogP contribution is -2.03. The van der Waals surface area contributed by atoms with Crippen molar-refractivity contribution >= 4 is 44.3 Å². The maximum atomic E-state index is 11.2. The Balaban J connectivity index is 3.05. The molecule has 1 rings (SSSR count). The van der Waals surface area contributed by atoms with Gasteiger partial charge in [-0.1, -0.05) is 22.0 Å². The van der Waals surface area contributed by atoms with Gasteiger partial charge in [-0.3, -0.25) is 4.79 Å². The Kier molecular flexibility index (Phi) is 4.37. The van der Waals surface area contributed by atoms with E-state index in [0.717, 1.165) is 14.9 Å². The molecule has 0 radical (unpaired) electrons. The number of hydrogen-bond donors (Lipinski definition) is 0. The monoisotopic (exact) mass is 368 g/mol. The van der Waals surface area contributed by atoms with E-state index in [1.165, 1.54) is 0 Å². The largest absolute Gasteiger partial charge is 0.497 e. The van der Waals surface area contributed by atoms with E-state index in [4.69, 9.17) is 4.74 Å². The predicted molar refractivity (Wildman–Crippen MR) is 68.1 cm³/mol. The van der Waals surface area contributed by atoms with Gasteiger partial charge in [-0.05, 0) is 47.2 Å². The topological polar surface area (TPSA) is 26.3 Å². The Labute approximate surface area is 105 Å². The fourth-order valence-corrected chi connectivity index (χ4v) is 2.68. The van der Waals surface area contributed by atoms with E-state index in [1.807, 2.05) is 18.2 Å². The number of halogens is 2. The first-order valence-corrected chi connectivity index (χ1v) is 6.03. The minimum Gasteiger partial charge on any atom is -0.497 e. The third kappa shape index (κ3) is 2.70. The number of rotatable bonds is 3. The molecule has 0 saturated carbocycles. The molecule has 0 N–H and O–H groups in total. The molecule has 0 aliphatic rings. The minimum absolute atomic E-state index is 0.105. The van der Waals surface area contributed by atoms with Crippen molar-refractivity contribution in [1.29, 1.82) is 0 Å². The second-order valence-electron chi connectivity index (χ2n) is 2.86. The normalized spacial score (nSPS) is 12.3. The van der Waals surface area contributed by atoms with Crippen LogP contribution in [0.2, 0.25) is 0 Å². The first-order valence-electron chi connectivity index (χ1n) is 4.04. The maximum Gasteiger partial charge on any atom is 0.147 e. The number of ether oxygens (including phenoxy) is 1. The van der Waals surface area contributed by atoms with Crippen LogP contribution in [0.1, 0.15) is 17.3 Å². The molecule has 0 amide bonds. The minimum atomic E-state index is -0.222. The number of carbonyl (C=O) groups is 1. The molecular weight excluding hydrogens is 359 g/mol. The van der Waals surface area contributed by atoms with Crippen molar-refractivity contribution in [2.75, 3.05) is 7.11 Å². The highest BCUT2D eigenvalue weighted by Crippen LogP contribution is 2.30. The smallest absolute Gasteiger partial charge is 0.147 e. The van der Waals surface area contributed by atoms with Gasteiger partial charge in [0.2, 0.25) is 0 Å². The van der Waals surface area contributed by atoms with Crippen LogP contribution in [0, 0.1) is 3.57 Å². The van der Waals surface area contributed by atoms with Crippen LogP contribution in [0.15, 0.2) is 18.2 Å². The second-order valence-corrected chi connectivity index (χ2v) is 4.94. The van der Waals surface area contributed by atoms with Gasteiger partial charge in [0.25, 0.3) is 0 Å². The van der Waals surface area contributed by atoms with Crippen LogP contribution in [0.25, 0.3) is 0 Å². The number of Topliss-reactive ketones (excluding diaryl/α,β-unsaturated/α-hetero) is 1. The molecule has 0 aliphatic heterocycles. The Morgan fingerprint density at radius 3 is 2.64 bits per heavy atom. The molecule has 76 valence electrons. The summed E-state index contributed by atoms with van der Waals surface area (Å²) in [5.74, 6) is 0.912. The highest BCUT2D eigenvalue weighted by Gasteiger charge is 2.15. The van der Waals surface area contributed by atoms with E-state index in [2.05, 4.69) is 38.5 Å². The zero-order chi connectivity index (χ0) is 10.7. The Bertz CT molecular complexity index is 352. The van der Waals surface area contributed by atoms with Gasteiger partial charge in [0.1, 0.15) is 11.5 Å². The van der Waals surface area contributed by atoms with E-state index >= 15 is 0 Å². The molecule has 0 spiro atoms. The summed E-state index contributed by atoms with van der Waals surface area (Å²) in [5.41, 5.74) is 0.985. The van der Waals surface area contributed by atoms with E-state index in [1.54, 1.807) is 14.0 Å². The lowest BCUT2D eigenvalue weighted by Gasteiger charge is -2.10. The van der Waals surface area contributed by atoms with Gasteiger partial charge in [0, 0.05) is 3.57 Å². The van der Waals surface area contributed by atoms with Gasteiger partial charge < -0.3 is 4.74 Å². The summed E-state index contributed by atoms with van der Waals surface area (Å²) in [7, 11) is 1.63. The standard InChI is InChI=1S/C10H10BrIO2/c1-6(13)10(11)8-4-3-7(14-2)5-9(8)12/h3-5,10H,1-2H3. The molecule has 1 atom stereocenters. The van der Waals surface area contributed by atoms with Gasteiger partial charge in [0.15, 0.2) is 0 Å². The molecule has 1 unspecified atom stereocenters. The zero-order valence-electron chi connectivity index (χ0n) is 7.88. The van der Waals surface area contributed by atoms with Crippen LogP contribution in [0.4, 0.5) is 0 Å². The molecular formula is C10H10BrIO2. The molecule has 0 aromatic heterocycles. The van der Waals surface area contributed by atoms with Crippen LogP contribution < -0.4 is 4.74 Å². The Hall–Kier alpha value is -0.100. The van der Waals surface area contributed by atoms with Crippen molar-refractivity contribution in [2.24, 2.45) is 0 Å². The average molecular weight is 369 g/mol. The first kappa shape index (κ1) is 12.0. The molecule has 0 bridgehead atoms. The van der Waals surface area contributed by atoms with Crippen molar-refractivity contribution in [3.8, 4) is 5.75 Å². The Morgan fingerprint density at radius 1 is 1.57 bits per heavy atom. The third-order valence-corrected chi connectivity index (χ3v) is 3.91. The van der Waals surface area contributed by atoms with Crippen molar-refractivity contribution in [1.82, 2.24) is 0 Å². The van der Waals surface area contributed by atoms with E-state index < -0.39 is 0 Å². The van der Waals surface area contributed by atoms with Crippen molar-refractivity contribution in [3.63, 3.8) is 0 Å². The van der Waals surface area contributed by atoms with Gasteiger partial charge in [-0.2, -0.15) is 0 Å². The summed E-state index contributed by atoms with van der Waals surface area (Å²) < 4.78 is 6.11. The summed E-state index contributed by atoms with van der Waals surface area (Å²) >= 11 is 5.55. The number of carbonyl (C=O) groups excluding carboxylic acids is 1. The molecule has 1 aromatic carbocycles. The maximum absolute atomic E-state index is 11.2. The van der Waals surface area contributed by atoms with E-state index in [0.29, 0.717) is 0 Å². The highest BCUT2D eigenvalue weighted by molar-refractivity contribution is 14.1. The molecule has 0 fully saturated rings. The average Bonchev–Trinajstić information content (AvgIpc) is 2.16. The van der Waals surface area contributed by atoms with E-state index in [-0.39, 0.29) is 10.6 Å². The molecule has 4 heteroatoms. The van der Waals surface area contributed by atoms with Crippen molar-refractivity contribution in [2.45, 2.75) is 11.8 Å². The third-order valence-electron chi connectivity index (χ3n) is 1.84. The van der Waals surface area contributed by atoms with Gasteiger partial charge in [-0.25, -0.2) is 0 Å². The van der Waals surface area contributed by atoms with Gasteiger partial charge in [0.05, 0.1) is 11.9 Å². The summed E-state index contributed by atoms with van der Waals surface area (Å²) in [6.45, 7) is 1.57. The molecule has 14 heavy (non-hydrogen) atoms. The van der Waals surface area contributed by atoms with Crippen molar-refractivity contribution in [3.05, 3.63) is 27.3 Å². The number of methoxy groups -OCH3 is 1.